The average molecular weight is 223 g/mol. The van der Waals surface area contributed by atoms with Gasteiger partial charge in [-0.3, -0.25) is 4.79 Å². The molecule has 0 aliphatic rings. The van der Waals surface area contributed by atoms with E-state index in [-0.39, 0.29) is 12.5 Å². The van der Waals surface area contributed by atoms with E-state index >= 15 is 0 Å². The Labute approximate surface area is 95.8 Å². The summed E-state index contributed by atoms with van der Waals surface area (Å²) in [5, 5.41) is 0. The molecule has 0 aliphatic carbocycles. The van der Waals surface area contributed by atoms with Crippen LogP contribution in [0.3, 0.4) is 0 Å². The van der Waals surface area contributed by atoms with Crippen LogP contribution in [0.5, 0.6) is 11.5 Å². The molecule has 1 aromatic carbocycles. The van der Waals surface area contributed by atoms with Crippen LogP contribution >= 0.6 is 0 Å². The summed E-state index contributed by atoms with van der Waals surface area (Å²) in [7, 11) is 3.32. The monoisotopic (exact) mass is 223 g/mol. The van der Waals surface area contributed by atoms with Gasteiger partial charge in [0.15, 0.2) is 18.1 Å². The third-order valence-electron chi connectivity index (χ3n) is 2.32. The second-order valence-electron chi connectivity index (χ2n) is 3.35. The maximum Gasteiger partial charge on any atom is 0.260 e. The summed E-state index contributed by atoms with van der Waals surface area (Å²) >= 11 is 0. The maximum atomic E-state index is 11.5. The molecule has 88 valence electrons. The Kier molecular flexibility index (Phi) is 4.64. The minimum atomic E-state index is -0.0478. The standard InChI is InChI=1S/C12H17NO3/c1-4-13(2)12(14)9-16-11-8-6-5-7-10(11)15-3/h5-8H,4,9H2,1-3H3. The summed E-state index contributed by atoms with van der Waals surface area (Å²) in [5.74, 6) is 1.17. The van der Waals surface area contributed by atoms with Gasteiger partial charge >= 0.3 is 0 Å². The van der Waals surface area contributed by atoms with Crippen LogP contribution in [0.2, 0.25) is 0 Å². The third kappa shape index (κ3) is 3.15. The number of para-hydroxylation sites is 2. The Morgan fingerprint density at radius 2 is 1.94 bits per heavy atom. The predicted octanol–water partition coefficient (Wildman–Crippen LogP) is 1.55. The van der Waals surface area contributed by atoms with Crippen LogP contribution in [0, 0.1) is 0 Å². The number of nitrogens with zero attached hydrogens (tertiary/aromatic N) is 1. The fourth-order valence-electron chi connectivity index (χ4n) is 1.16. The van der Waals surface area contributed by atoms with Crippen LogP contribution in [0.1, 0.15) is 6.92 Å². The Balaban J connectivity index is 2.57. The zero-order valence-electron chi connectivity index (χ0n) is 9.90. The normalized spacial score (nSPS) is 9.69. The van der Waals surface area contributed by atoms with Crippen LogP contribution in [0.4, 0.5) is 0 Å². The second kappa shape index (κ2) is 6.00. The fourth-order valence-corrected chi connectivity index (χ4v) is 1.16. The van der Waals surface area contributed by atoms with Crippen molar-refractivity contribution in [2.24, 2.45) is 0 Å². The van der Waals surface area contributed by atoms with Crippen molar-refractivity contribution in [1.82, 2.24) is 4.90 Å². The number of carbonyl (C=O) groups excluding carboxylic acids is 1. The van der Waals surface area contributed by atoms with Gasteiger partial charge in [0.05, 0.1) is 7.11 Å². The molecule has 16 heavy (non-hydrogen) atoms. The molecular formula is C12H17NO3. The molecule has 1 aromatic rings. The van der Waals surface area contributed by atoms with Crippen molar-refractivity contribution in [3.63, 3.8) is 0 Å². The van der Waals surface area contributed by atoms with E-state index in [0.29, 0.717) is 18.0 Å². The van der Waals surface area contributed by atoms with E-state index in [1.54, 1.807) is 31.2 Å². The van der Waals surface area contributed by atoms with E-state index in [4.69, 9.17) is 9.47 Å². The smallest absolute Gasteiger partial charge is 0.260 e. The second-order valence-corrected chi connectivity index (χ2v) is 3.35. The van der Waals surface area contributed by atoms with Crippen molar-refractivity contribution >= 4 is 5.91 Å². The van der Waals surface area contributed by atoms with Crippen molar-refractivity contribution in [3.8, 4) is 11.5 Å². The van der Waals surface area contributed by atoms with Gasteiger partial charge in [-0.25, -0.2) is 0 Å². The van der Waals surface area contributed by atoms with Crippen LogP contribution < -0.4 is 9.47 Å². The molecule has 1 rings (SSSR count). The average Bonchev–Trinajstić information content (AvgIpc) is 2.35. The molecule has 0 aromatic heterocycles. The Bertz CT molecular complexity index is 352. The number of ether oxygens (including phenoxy) is 2. The van der Waals surface area contributed by atoms with Crippen molar-refractivity contribution in [1.29, 1.82) is 0 Å². The number of carbonyl (C=O) groups is 1. The van der Waals surface area contributed by atoms with E-state index in [1.165, 1.54) is 0 Å². The van der Waals surface area contributed by atoms with Gasteiger partial charge in [0.1, 0.15) is 0 Å². The van der Waals surface area contributed by atoms with Gasteiger partial charge in [-0.1, -0.05) is 12.1 Å². The molecule has 0 aliphatic heterocycles. The van der Waals surface area contributed by atoms with Gasteiger partial charge in [-0.05, 0) is 19.1 Å². The summed E-state index contributed by atoms with van der Waals surface area (Å²) in [4.78, 5) is 13.1. The molecule has 0 atom stereocenters. The Morgan fingerprint density at radius 1 is 1.31 bits per heavy atom. The molecule has 4 heteroatoms. The van der Waals surface area contributed by atoms with Gasteiger partial charge in [-0.2, -0.15) is 0 Å². The van der Waals surface area contributed by atoms with Crippen molar-refractivity contribution < 1.29 is 14.3 Å². The lowest BCUT2D eigenvalue weighted by Gasteiger charge is -2.15. The molecule has 0 bridgehead atoms. The van der Waals surface area contributed by atoms with E-state index in [9.17, 15) is 4.79 Å². The molecule has 0 unspecified atom stereocenters. The molecule has 0 saturated carbocycles. The molecular weight excluding hydrogens is 206 g/mol. The quantitative estimate of drug-likeness (QED) is 0.760. The zero-order valence-corrected chi connectivity index (χ0v) is 9.90. The van der Waals surface area contributed by atoms with Crippen LogP contribution in [0.25, 0.3) is 0 Å². The first-order chi connectivity index (χ1) is 7.69. The van der Waals surface area contributed by atoms with Gasteiger partial charge < -0.3 is 14.4 Å². The highest BCUT2D eigenvalue weighted by Crippen LogP contribution is 2.25. The number of rotatable bonds is 5. The summed E-state index contributed by atoms with van der Waals surface area (Å²) in [5.41, 5.74) is 0. The zero-order chi connectivity index (χ0) is 12.0. The van der Waals surface area contributed by atoms with Crippen LogP contribution in [0.15, 0.2) is 24.3 Å². The highest BCUT2D eigenvalue weighted by Gasteiger charge is 2.09. The third-order valence-corrected chi connectivity index (χ3v) is 2.32. The maximum absolute atomic E-state index is 11.5. The van der Waals surface area contributed by atoms with Gasteiger partial charge in [-0.15, -0.1) is 0 Å². The van der Waals surface area contributed by atoms with E-state index < -0.39 is 0 Å². The lowest BCUT2D eigenvalue weighted by Crippen LogP contribution is -2.31. The summed E-state index contributed by atoms with van der Waals surface area (Å²) in [6.07, 6.45) is 0. The number of methoxy groups -OCH3 is 1. The minimum Gasteiger partial charge on any atom is -0.493 e. The lowest BCUT2D eigenvalue weighted by atomic mass is 10.3. The van der Waals surface area contributed by atoms with E-state index in [2.05, 4.69) is 0 Å². The number of benzene rings is 1. The molecule has 0 saturated heterocycles. The van der Waals surface area contributed by atoms with Crippen LogP contribution in [-0.4, -0.2) is 38.1 Å². The number of hydrogen-bond acceptors (Lipinski definition) is 3. The van der Waals surface area contributed by atoms with Gasteiger partial charge in [0.25, 0.3) is 5.91 Å². The lowest BCUT2D eigenvalue weighted by molar-refractivity contribution is -0.131. The first kappa shape index (κ1) is 12.4. The molecule has 0 fully saturated rings. The van der Waals surface area contributed by atoms with Crippen molar-refractivity contribution in [2.45, 2.75) is 6.92 Å². The minimum absolute atomic E-state index is 0.0325. The topological polar surface area (TPSA) is 38.8 Å². The molecule has 0 N–H and O–H groups in total. The first-order valence-electron chi connectivity index (χ1n) is 5.18. The summed E-state index contributed by atoms with van der Waals surface area (Å²) < 4.78 is 10.5. The predicted molar refractivity (Wildman–Crippen MR) is 61.8 cm³/mol. The highest BCUT2D eigenvalue weighted by molar-refractivity contribution is 5.77. The first-order valence-corrected chi connectivity index (χ1v) is 5.18. The highest BCUT2D eigenvalue weighted by atomic mass is 16.5. The molecule has 0 radical (unpaired) electrons. The summed E-state index contributed by atoms with van der Waals surface area (Å²) in [6, 6.07) is 7.26. The van der Waals surface area contributed by atoms with E-state index in [1.807, 2.05) is 19.1 Å². The van der Waals surface area contributed by atoms with Crippen molar-refractivity contribution in [2.75, 3.05) is 27.3 Å². The molecule has 1 amide bonds. The number of likely N-dealkylation sites (N-methyl/N-ethyl adjacent to an activating group) is 1. The van der Waals surface area contributed by atoms with Crippen molar-refractivity contribution in [3.05, 3.63) is 24.3 Å². The molecule has 4 nitrogen and oxygen atoms in total. The fraction of sp³-hybridized carbons (Fsp3) is 0.417. The van der Waals surface area contributed by atoms with Gasteiger partial charge in [0, 0.05) is 13.6 Å². The SMILES string of the molecule is CCN(C)C(=O)COc1ccccc1OC. The van der Waals surface area contributed by atoms with Crippen LogP contribution in [-0.2, 0) is 4.79 Å². The Morgan fingerprint density at radius 3 is 2.50 bits per heavy atom. The molecule has 0 heterocycles. The van der Waals surface area contributed by atoms with E-state index in [0.717, 1.165) is 0 Å². The summed E-state index contributed by atoms with van der Waals surface area (Å²) in [6.45, 7) is 2.62. The largest absolute Gasteiger partial charge is 0.493 e. The van der Waals surface area contributed by atoms with Gasteiger partial charge in [0.2, 0.25) is 0 Å². The Hall–Kier alpha value is -1.71. The number of amides is 1. The molecule has 0 spiro atoms. The number of hydrogen-bond donors (Lipinski definition) is 0.